The Hall–Kier alpha value is -3.95. The Kier molecular flexibility index (Phi) is 4.24. The number of aromatic hydroxyl groups is 3. The Morgan fingerprint density at radius 3 is 2.15 bits per heavy atom. The number of nitrogens with zero attached hydrogens (tertiary/aromatic N) is 1. The average Bonchev–Trinajstić information content (AvgIpc) is 2.60. The maximum absolute atomic E-state index is 12.6. The summed E-state index contributed by atoms with van der Waals surface area (Å²) in [5.74, 6) is -2.00. The normalized spacial score (nSPS) is 10.7. The van der Waals surface area contributed by atoms with Gasteiger partial charge in [0.25, 0.3) is 5.43 Å². The van der Waals surface area contributed by atoms with Gasteiger partial charge in [0.05, 0.1) is 19.1 Å². The third-order valence-corrected chi connectivity index (χ3v) is 3.86. The zero-order chi connectivity index (χ0) is 19.9. The molecule has 140 valence electrons. The molecule has 0 amide bonds. The number of phenolic OH excluding ortho intramolecular Hbond substituents is 3. The van der Waals surface area contributed by atoms with E-state index in [1.807, 2.05) is 0 Å². The number of phenols is 3. The van der Waals surface area contributed by atoms with Crippen molar-refractivity contribution in [3.8, 4) is 40.1 Å². The van der Waals surface area contributed by atoms with E-state index in [4.69, 9.17) is 13.9 Å². The highest BCUT2D eigenvalue weighted by Gasteiger charge is 2.29. The topological polar surface area (TPSA) is 152 Å². The number of hydrogen-bond donors (Lipinski definition) is 3. The van der Waals surface area contributed by atoms with Gasteiger partial charge in [-0.25, -0.2) is 0 Å². The zero-order valence-corrected chi connectivity index (χ0v) is 14.0. The van der Waals surface area contributed by atoms with Crippen LogP contribution in [0.4, 0.5) is 5.69 Å². The first-order valence-corrected chi connectivity index (χ1v) is 7.41. The number of benzene rings is 2. The van der Waals surface area contributed by atoms with Crippen LogP contribution in [0.5, 0.6) is 28.7 Å². The van der Waals surface area contributed by atoms with Crippen molar-refractivity contribution in [1.29, 1.82) is 0 Å². The quantitative estimate of drug-likeness (QED) is 0.461. The predicted molar refractivity (Wildman–Crippen MR) is 92.7 cm³/mol. The molecule has 0 aliphatic rings. The molecule has 0 unspecified atom stereocenters. The fourth-order valence-corrected chi connectivity index (χ4v) is 2.66. The Morgan fingerprint density at radius 2 is 1.63 bits per heavy atom. The summed E-state index contributed by atoms with van der Waals surface area (Å²) in [5, 5.41) is 40.6. The van der Waals surface area contributed by atoms with Gasteiger partial charge in [-0.05, 0) is 12.1 Å². The molecule has 0 saturated heterocycles. The van der Waals surface area contributed by atoms with Gasteiger partial charge >= 0.3 is 5.69 Å². The van der Waals surface area contributed by atoms with E-state index in [0.717, 1.165) is 12.1 Å². The SMILES string of the molecule is COc1cc(-c2oc3cc(O)cc(O)c3c(=O)c2[N+](=O)[O-])cc(OC)c1O. The van der Waals surface area contributed by atoms with E-state index in [0.29, 0.717) is 0 Å². The van der Waals surface area contributed by atoms with E-state index in [1.54, 1.807) is 0 Å². The Labute approximate surface area is 150 Å². The average molecular weight is 375 g/mol. The van der Waals surface area contributed by atoms with E-state index in [-0.39, 0.29) is 28.4 Å². The maximum atomic E-state index is 12.6. The lowest BCUT2D eigenvalue weighted by Gasteiger charge is -2.11. The molecule has 0 bridgehead atoms. The van der Waals surface area contributed by atoms with Crippen LogP contribution in [0.15, 0.2) is 33.5 Å². The lowest BCUT2D eigenvalue weighted by molar-refractivity contribution is -0.386. The summed E-state index contributed by atoms with van der Waals surface area (Å²) in [5.41, 5.74) is -2.28. The molecular formula is C17H13NO9. The molecule has 3 aromatic rings. The van der Waals surface area contributed by atoms with Gasteiger partial charge in [-0.15, -0.1) is 0 Å². The Balaban J connectivity index is 2.46. The summed E-state index contributed by atoms with van der Waals surface area (Å²) in [6, 6.07) is 4.35. The van der Waals surface area contributed by atoms with Crippen LogP contribution in [-0.4, -0.2) is 34.5 Å². The summed E-state index contributed by atoms with van der Waals surface area (Å²) in [6.45, 7) is 0. The second-order valence-electron chi connectivity index (χ2n) is 5.43. The Bertz CT molecular complexity index is 1110. The molecule has 0 saturated carbocycles. The van der Waals surface area contributed by atoms with Crippen LogP contribution in [0.1, 0.15) is 0 Å². The van der Waals surface area contributed by atoms with Gasteiger partial charge < -0.3 is 29.2 Å². The molecule has 0 spiro atoms. The molecule has 0 aliphatic heterocycles. The van der Waals surface area contributed by atoms with Crippen LogP contribution in [0.3, 0.4) is 0 Å². The molecule has 1 aromatic heterocycles. The summed E-state index contributed by atoms with van der Waals surface area (Å²) in [7, 11) is 2.53. The fraction of sp³-hybridized carbons (Fsp3) is 0.118. The lowest BCUT2D eigenvalue weighted by Crippen LogP contribution is -2.10. The molecule has 0 atom stereocenters. The molecule has 0 fully saturated rings. The highest BCUT2D eigenvalue weighted by atomic mass is 16.6. The molecular weight excluding hydrogens is 362 g/mol. The van der Waals surface area contributed by atoms with Gasteiger partial charge in [-0.1, -0.05) is 0 Å². The molecule has 0 radical (unpaired) electrons. The van der Waals surface area contributed by atoms with Crippen LogP contribution < -0.4 is 14.9 Å². The summed E-state index contributed by atoms with van der Waals surface area (Å²) in [4.78, 5) is 23.2. The first-order valence-electron chi connectivity index (χ1n) is 7.41. The minimum atomic E-state index is -1.10. The predicted octanol–water partition coefficient (Wildman–Crippen LogP) is 2.50. The number of nitro groups is 1. The van der Waals surface area contributed by atoms with Crippen LogP contribution in [0.25, 0.3) is 22.3 Å². The van der Waals surface area contributed by atoms with Gasteiger partial charge in [0.2, 0.25) is 11.5 Å². The third kappa shape index (κ3) is 2.82. The first kappa shape index (κ1) is 17.9. The minimum Gasteiger partial charge on any atom is -0.508 e. The van der Waals surface area contributed by atoms with Gasteiger partial charge in [-0.2, -0.15) is 0 Å². The van der Waals surface area contributed by atoms with E-state index >= 15 is 0 Å². The Morgan fingerprint density at radius 1 is 1.04 bits per heavy atom. The van der Waals surface area contributed by atoms with Crippen molar-refractivity contribution >= 4 is 16.7 Å². The monoisotopic (exact) mass is 375 g/mol. The molecule has 3 N–H and O–H groups in total. The van der Waals surface area contributed by atoms with Crippen LogP contribution in [0, 0.1) is 10.1 Å². The molecule has 0 aliphatic carbocycles. The van der Waals surface area contributed by atoms with Gasteiger partial charge in [0.15, 0.2) is 11.5 Å². The van der Waals surface area contributed by atoms with Crippen molar-refractivity contribution in [2.45, 2.75) is 0 Å². The second-order valence-corrected chi connectivity index (χ2v) is 5.43. The van der Waals surface area contributed by atoms with Crippen LogP contribution >= 0.6 is 0 Å². The maximum Gasteiger partial charge on any atom is 0.359 e. The van der Waals surface area contributed by atoms with E-state index in [9.17, 15) is 30.2 Å². The molecule has 2 aromatic carbocycles. The number of methoxy groups -OCH3 is 2. The summed E-state index contributed by atoms with van der Waals surface area (Å²) in [6.07, 6.45) is 0. The smallest absolute Gasteiger partial charge is 0.359 e. The van der Waals surface area contributed by atoms with Gasteiger partial charge in [0.1, 0.15) is 22.5 Å². The van der Waals surface area contributed by atoms with Crippen molar-refractivity contribution in [1.82, 2.24) is 0 Å². The molecule has 10 nitrogen and oxygen atoms in total. The standard InChI is InChI=1S/C17H13NO9/c1-25-11-3-7(4-12(26-2)15(11)21)17-14(18(23)24)16(22)13-9(20)5-8(19)6-10(13)27-17/h3-6,19-21H,1-2H3. The molecule has 1 heterocycles. The third-order valence-electron chi connectivity index (χ3n) is 3.86. The number of hydrogen-bond acceptors (Lipinski definition) is 9. The van der Waals surface area contributed by atoms with Crippen LogP contribution in [0.2, 0.25) is 0 Å². The molecule has 3 rings (SSSR count). The van der Waals surface area contributed by atoms with Crippen molar-refractivity contribution in [3.05, 3.63) is 44.6 Å². The van der Waals surface area contributed by atoms with Crippen molar-refractivity contribution in [2.75, 3.05) is 14.2 Å². The number of fused-ring (bicyclic) bond motifs is 1. The fourth-order valence-electron chi connectivity index (χ4n) is 2.66. The second kappa shape index (κ2) is 6.41. The highest BCUT2D eigenvalue weighted by Crippen LogP contribution is 2.43. The van der Waals surface area contributed by atoms with Gasteiger partial charge in [0, 0.05) is 17.7 Å². The van der Waals surface area contributed by atoms with E-state index in [1.165, 1.54) is 26.4 Å². The van der Waals surface area contributed by atoms with E-state index in [2.05, 4.69) is 0 Å². The lowest BCUT2D eigenvalue weighted by atomic mass is 10.1. The zero-order valence-electron chi connectivity index (χ0n) is 14.0. The molecule has 27 heavy (non-hydrogen) atoms. The number of ether oxygens (including phenoxy) is 2. The van der Waals surface area contributed by atoms with Crippen molar-refractivity contribution in [2.24, 2.45) is 0 Å². The molecule has 10 heteroatoms. The van der Waals surface area contributed by atoms with Crippen LogP contribution in [-0.2, 0) is 0 Å². The summed E-state index contributed by atoms with van der Waals surface area (Å²) < 4.78 is 15.5. The minimum absolute atomic E-state index is 0.00929. The first-order chi connectivity index (χ1) is 12.8. The van der Waals surface area contributed by atoms with Crippen molar-refractivity contribution < 1.29 is 34.1 Å². The highest BCUT2D eigenvalue weighted by molar-refractivity contribution is 5.89. The van der Waals surface area contributed by atoms with E-state index < -0.39 is 38.7 Å². The number of rotatable bonds is 4. The van der Waals surface area contributed by atoms with Gasteiger partial charge in [-0.3, -0.25) is 14.9 Å². The summed E-state index contributed by atoms with van der Waals surface area (Å²) >= 11 is 0. The van der Waals surface area contributed by atoms with Crippen molar-refractivity contribution in [3.63, 3.8) is 0 Å². The largest absolute Gasteiger partial charge is 0.508 e.